The zero-order chi connectivity index (χ0) is 21.5. The van der Waals surface area contributed by atoms with E-state index in [0.717, 1.165) is 30.7 Å². The van der Waals surface area contributed by atoms with Gasteiger partial charge in [0.15, 0.2) is 0 Å². The van der Waals surface area contributed by atoms with Crippen molar-refractivity contribution in [2.75, 3.05) is 18.6 Å². The Balaban J connectivity index is 1.47. The highest BCUT2D eigenvalue weighted by atomic mass is 16.5. The van der Waals surface area contributed by atoms with Crippen LogP contribution in [0, 0.1) is 17.8 Å². The maximum Gasteiger partial charge on any atom is 0.234 e. The minimum atomic E-state index is -0.704. The Labute approximate surface area is 178 Å². The fraction of sp³-hybridized carbons (Fsp3) is 0.583. The number of ether oxygens (including phenoxy) is 2. The molecule has 0 aliphatic carbocycles. The number of carbonyl (C=O) groups excluding carboxylic acids is 2. The van der Waals surface area contributed by atoms with Crippen LogP contribution in [0.15, 0.2) is 36.4 Å². The first-order valence-corrected chi connectivity index (χ1v) is 11.0. The van der Waals surface area contributed by atoms with E-state index < -0.39 is 17.4 Å². The van der Waals surface area contributed by atoms with Gasteiger partial charge in [-0.3, -0.25) is 9.59 Å². The van der Waals surface area contributed by atoms with E-state index in [0.29, 0.717) is 12.5 Å². The number of hydrogen-bond donors (Lipinski definition) is 1. The Hall–Kier alpha value is -2.34. The number of methoxy groups -OCH3 is 1. The molecule has 0 aromatic heterocycles. The molecule has 2 amide bonds. The number of rotatable bonds is 8. The van der Waals surface area contributed by atoms with Gasteiger partial charge in [0.05, 0.1) is 31.6 Å². The number of amides is 2. The number of carbonyl (C=O) groups is 2. The summed E-state index contributed by atoms with van der Waals surface area (Å²) in [6.45, 7) is 6.89. The maximum absolute atomic E-state index is 13.4. The Morgan fingerprint density at radius 3 is 2.67 bits per heavy atom. The van der Waals surface area contributed by atoms with Gasteiger partial charge >= 0.3 is 0 Å². The SMILES string of the molecule is COc1ccc(N2C[C@@]34C=C[C@@H](O3)[C@H](C(=O)N[C@@H](C)CCCC(C)C)[C@H]4C2=O)cc1. The number of fused-ring (bicyclic) bond motifs is 1. The number of anilines is 1. The first-order valence-electron chi connectivity index (χ1n) is 11.0. The Kier molecular flexibility index (Phi) is 5.62. The lowest BCUT2D eigenvalue weighted by Gasteiger charge is -2.25. The zero-order valence-corrected chi connectivity index (χ0v) is 18.3. The van der Waals surface area contributed by atoms with Crippen molar-refractivity contribution in [3.63, 3.8) is 0 Å². The van der Waals surface area contributed by atoms with Crippen molar-refractivity contribution >= 4 is 17.5 Å². The molecule has 2 fully saturated rings. The summed E-state index contributed by atoms with van der Waals surface area (Å²) in [6, 6.07) is 7.51. The summed E-state index contributed by atoms with van der Waals surface area (Å²) < 4.78 is 11.4. The van der Waals surface area contributed by atoms with E-state index in [1.54, 1.807) is 12.0 Å². The van der Waals surface area contributed by atoms with Crippen LogP contribution in [-0.2, 0) is 14.3 Å². The van der Waals surface area contributed by atoms with Crippen LogP contribution in [-0.4, -0.2) is 43.2 Å². The zero-order valence-electron chi connectivity index (χ0n) is 18.3. The van der Waals surface area contributed by atoms with Gasteiger partial charge in [-0.25, -0.2) is 0 Å². The smallest absolute Gasteiger partial charge is 0.234 e. The van der Waals surface area contributed by atoms with Gasteiger partial charge in [0.2, 0.25) is 11.8 Å². The van der Waals surface area contributed by atoms with Crippen LogP contribution in [0.3, 0.4) is 0 Å². The highest BCUT2D eigenvalue weighted by Gasteiger charge is 2.67. The summed E-state index contributed by atoms with van der Waals surface area (Å²) in [7, 11) is 1.61. The quantitative estimate of drug-likeness (QED) is 0.665. The first-order chi connectivity index (χ1) is 14.3. The summed E-state index contributed by atoms with van der Waals surface area (Å²) in [5.41, 5.74) is 0.0936. The molecule has 30 heavy (non-hydrogen) atoms. The molecule has 5 atom stereocenters. The van der Waals surface area contributed by atoms with E-state index in [1.165, 1.54) is 0 Å². The van der Waals surface area contributed by atoms with E-state index in [4.69, 9.17) is 9.47 Å². The third-order valence-corrected chi connectivity index (χ3v) is 6.59. The van der Waals surface area contributed by atoms with Gasteiger partial charge in [0.1, 0.15) is 11.4 Å². The molecule has 0 unspecified atom stereocenters. The minimum absolute atomic E-state index is 0.0420. The number of nitrogens with zero attached hydrogens (tertiary/aromatic N) is 1. The summed E-state index contributed by atoms with van der Waals surface area (Å²) in [5.74, 6) is 0.343. The molecule has 1 aromatic carbocycles. The van der Waals surface area contributed by atoms with Crippen molar-refractivity contribution in [3.8, 4) is 5.75 Å². The third-order valence-electron chi connectivity index (χ3n) is 6.59. The fourth-order valence-electron chi connectivity index (χ4n) is 5.02. The molecule has 3 heterocycles. The van der Waals surface area contributed by atoms with Crippen LogP contribution in [0.4, 0.5) is 5.69 Å². The van der Waals surface area contributed by atoms with Crippen molar-refractivity contribution in [2.45, 2.75) is 57.8 Å². The average molecular weight is 413 g/mol. The molecule has 1 aromatic rings. The van der Waals surface area contributed by atoms with Gasteiger partial charge in [-0.1, -0.05) is 38.8 Å². The lowest BCUT2D eigenvalue weighted by atomic mass is 9.76. The highest BCUT2D eigenvalue weighted by Crippen LogP contribution is 2.52. The second-order valence-electron chi connectivity index (χ2n) is 9.26. The topological polar surface area (TPSA) is 67.9 Å². The van der Waals surface area contributed by atoms with Crippen LogP contribution in [0.2, 0.25) is 0 Å². The molecule has 6 heteroatoms. The van der Waals surface area contributed by atoms with Crippen molar-refractivity contribution in [1.82, 2.24) is 5.32 Å². The molecular weight excluding hydrogens is 380 g/mol. The predicted molar refractivity (Wildman–Crippen MR) is 115 cm³/mol. The standard InChI is InChI=1S/C24H32N2O4/c1-15(2)6-5-7-16(3)25-22(27)20-19-12-13-24(30-19)14-26(23(28)21(20)24)17-8-10-18(29-4)11-9-17/h8-13,15-16,19-21H,5-7,14H2,1-4H3,(H,25,27)/t16-,19+,20-,21-,24+/m0/s1. The van der Waals surface area contributed by atoms with Crippen LogP contribution in [0.1, 0.15) is 40.0 Å². The second kappa shape index (κ2) is 8.06. The monoisotopic (exact) mass is 412 g/mol. The van der Waals surface area contributed by atoms with Crippen LogP contribution in [0.25, 0.3) is 0 Å². The maximum atomic E-state index is 13.4. The average Bonchev–Trinajstić information content (AvgIpc) is 3.36. The molecule has 3 aliphatic heterocycles. The van der Waals surface area contributed by atoms with Gasteiger partial charge in [0, 0.05) is 11.7 Å². The Morgan fingerprint density at radius 2 is 2.00 bits per heavy atom. The van der Waals surface area contributed by atoms with Crippen molar-refractivity contribution in [2.24, 2.45) is 17.8 Å². The molecule has 0 saturated carbocycles. The van der Waals surface area contributed by atoms with Crippen LogP contribution < -0.4 is 15.0 Å². The molecule has 1 spiro atoms. The van der Waals surface area contributed by atoms with Crippen LogP contribution >= 0.6 is 0 Å². The number of benzene rings is 1. The molecule has 3 aliphatic rings. The van der Waals surface area contributed by atoms with Crippen molar-refractivity contribution < 1.29 is 19.1 Å². The first kappa shape index (κ1) is 20.9. The van der Waals surface area contributed by atoms with Crippen LogP contribution in [0.5, 0.6) is 5.75 Å². The molecular formula is C24H32N2O4. The van der Waals surface area contributed by atoms with Gasteiger partial charge in [-0.15, -0.1) is 0 Å². The van der Waals surface area contributed by atoms with Gasteiger partial charge < -0.3 is 19.7 Å². The summed E-state index contributed by atoms with van der Waals surface area (Å²) >= 11 is 0. The number of hydrogen-bond acceptors (Lipinski definition) is 4. The highest BCUT2D eigenvalue weighted by molar-refractivity contribution is 6.03. The van der Waals surface area contributed by atoms with E-state index in [-0.39, 0.29) is 24.0 Å². The van der Waals surface area contributed by atoms with Gasteiger partial charge in [0.25, 0.3) is 0 Å². The van der Waals surface area contributed by atoms with Gasteiger partial charge in [-0.2, -0.15) is 0 Å². The molecule has 1 N–H and O–H groups in total. The second-order valence-corrected chi connectivity index (χ2v) is 9.26. The largest absolute Gasteiger partial charge is 0.497 e. The van der Waals surface area contributed by atoms with E-state index >= 15 is 0 Å². The molecule has 2 saturated heterocycles. The van der Waals surface area contributed by atoms with Crippen molar-refractivity contribution in [1.29, 1.82) is 0 Å². The van der Waals surface area contributed by atoms with Gasteiger partial charge in [-0.05, 0) is 43.5 Å². The van der Waals surface area contributed by atoms with E-state index in [1.807, 2.05) is 43.3 Å². The normalized spacial score (nSPS) is 30.1. The summed E-state index contributed by atoms with van der Waals surface area (Å²) in [5, 5.41) is 3.14. The van der Waals surface area contributed by atoms with Crippen molar-refractivity contribution in [3.05, 3.63) is 36.4 Å². The Bertz CT molecular complexity index is 834. The molecule has 4 rings (SSSR count). The van der Waals surface area contributed by atoms with E-state index in [9.17, 15) is 9.59 Å². The molecule has 6 nitrogen and oxygen atoms in total. The molecule has 0 radical (unpaired) electrons. The molecule has 2 bridgehead atoms. The summed E-state index contributed by atoms with van der Waals surface area (Å²) in [4.78, 5) is 28.3. The fourth-order valence-corrected chi connectivity index (χ4v) is 5.02. The lowest BCUT2D eigenvalue weighted by Crippen LogP contribution is -2.46. The lowest BCUT2D eigenvalue weighted by molar-refractivity contribution is -0.132. The summed E-state index contributed by atoms with van der Waals surface area (Å²) in [6.07, 6.45) is 6.80. The Morgan fingerprint density at radius 1 is 1.27 bits per heavy atom. The third kappa shape index (κ3) is 3.62. The van der Waals surface area contributed by atoms with E-state index in [2.05, 4.69) is 19.2 Å². The molecule has 162 valence electrons. The number of nitrogens with one attached hydrogen (secondary N) is 1. The minimum Gasteiger partial charge on any atom is -0.497 e. The predicted octanol–water partition coefficient (Wildman–Crippen LogP) is 3.31.